The van der Waals surface area contributed by atoms with Gasteiger partial charge < -0.3 is 10.2 Å². The smallest absolute Gasteiger partial charge is 0.256 e. The lowest BCUT2D eigenvalue weighted by molar-refractivity contribution is 0.102. The van der Waals surface area contributed by atoms with Crippen molar-refractivity contribution in [3.05, 3.63) is 77.6 Å². The third-order valence-corrected chi connectivity index (χ3v) is 4.78. The van der Waals surface area contributed by atoms with Crippen LogP contribution in [0.25, 0.3) is 0 Å². The van der Waals surface area contributed by atoms with Gasteiger partial charge in [-0.05, 0) is 59.4 Å². The van der Waals surface area contributed by atoms with Crippen molar-refractivity contribution in [2.45, 2.75) is 32.6 Å². The fourth-order valence-electron chi connectivity index (χ4n) is 2.87. The standard InChI is InChI=1S/C23H27N5O/c1-23(2,3)19-7-5-18(6-8-19)22(29)25-20-9-10-21(27-26-20)28(4)16-13-17-11-14-24-15-12-17/h5-12,14-15H,13,16H2,1-4H3,(H,25,26,29). The van der Waals surface area contributed by atoms with Crippen LogP contribution < -0.4 is 10.2 Å². The lowest BCUT2D eigenvalue weighted by Crippen LogP contribution is -2.22. The molecular weight excluding hydrogens is 362 g/mol. The number of nitrogens with zero attached hydrogens (tertiary/aromatic N) is 4. The van der Waals surface area contributed by atoms with Crippen molar-refractivity contribution in [1.29, 1.82) is 0 Å². The summed E-state index contributed by atoms with van der Waals surface area (Å²) in [5, 5.41) is 11.2. The summed E-state index contributed by atoms with van der Waals surface area (Å²) in [5.74, 6) is 0.992. The number of pyridine rings is 1. The third kappa shape index (κ3) is 5.60. The average molecular weight is 390 g/mol. The van der Waals surface area contributed by atoms with E-state index in [2.05, 4.69) is 41.3 Å². The van der Waals surface area contributed by atoms with Gasteiger partial charge in [-0.1, -0.05) is 32.9 Å². The molecule has 0 spiro atoms. The molecule has 0 radical (unpaired) electrons. The normalized spacial score (nSPS) is 11.2. The van der Waals surface area contributed by atoms with Gasteiger partial charge in [0, 0.05) is 31.5 Å². The summed E-state index contributed by atoms with van der Waals surface area (Å²) < 4.78 is 0. The quantitative estimate of drug-likeness (QED) is 0.687. The van der Waals surface area contributed by atoms with Crippen LogP contribution in [-0.4, -0.2) is 34.7 Å². The lowest BCUT2D eigenvalue weighted by atomic mass is 9.87. The summed E-state index contributed by atoms with van der Waals surface area (Å²) in [6.07, 6.45) is 4.48. The molecule has 150 valence electrons. The maximum atomic E-state index is 12.5. The van der Waals surface area contributed by atoms with Gasteiger partial charge in [0.2, 0.25) is 0 Å². The van der Waals surface area contributed by atoms with E-state index >= 15 is 0 Å². The molecule has 2 heterocycles. The molecule has 0 unspecified atom stereocenters. The van der Waals surface area contributed by atoms with Crippen LogP contribution in [0.1, 0.15) is 42.3 Å². The molecule has 0 aliphatic heterocycles. The zero-order valence-corrected chi connectivity index (χ0v) is 17.4. The molecule has 0 saturated heterocycles. The topological polar surface area (TPSA) is 71.0 Å². The number of carbonyl (C=O) groups excluding carboxylic acids is 1. The number of carbonyl (C=O) groups is 1. The molecule has 29 heavy (non-hydrogen) atoms. The number of likely N-dealkylation sites (N-methyl/N-ethyl adjacent to an activating group) is 1. The largest absolute Gasteiger partial charge is 0.358 e. The van der Waals surface area contributed by atoms with Gasteiger partial charge in [0.15, 0.2) is 11.6 Å². The minimum Gasteiger partial charge on any atom is -0.358 e. The predicted octanol–water partition coefficient (Wildman–Crippen LogP) is 4.10. The number of benzene rings is 1. The van der Waals surface area contributed by atoms with Crippen LogP contribution >= 0.6 is 0 Å². The van der Waals surface area contributed by atoms with Crippen molar-refractivity contribution >= 4 is 17.5 Å². The van der Waals surface area contributed by atoms with Crippen LogP contribution in [-0.2, 0) is 11.8 Å². The van der Waals surface area contributed by atoms with Crippen molar-refractivity contribution < 1.29 is 4.79 Å². The van der Waals surface area contributed by atoms with Crippen molar-refractivity contribution in [3.8, 4) is 0 Å². The van der Waals surface area contributed by atoms with Crippen LogP contribution in [0.5, 0.6) is 0 Å². The molecule has 0 fully saturated rings. The highest BCUT2D eigenvalue weighted by Gasteiger charge is 2.14. The zero-order chi connectivity index (χ0) is 20.9. The van der Waals surface area contributed by atoms with Gasteiger partial charge in [0.25, 0.3) is 5.91 Å². The average Bonchev–Trinajstić information content (AvgIpc) is 2.73. The molecule has 1 N–H and O–H groups in total. The van der Waals surface area contributed by atoms with Gasteiger partial charge >= 0.3 is 0 Å². The highest BCUT2D eigenvalue weighted by Crippen LogP contribution is 2.22. The lowest BCUT2D eigenvalue weighted by Gasteiger charge is -2.19. The van der Waals surface area contributed by atoms with Crippen LogP contribution in [0.15, 0.2) is 60.9 Å². The fourth-order valence-corrected chi connectivity index (χ4v) is 2.87. The Morgan fingerprint density at radius 1 is 0.966 bits per heavy atom. The first-order valence-corrected chi connectivity index (χ1v) is 9.68. The Hall–Kier alpha value is -3.28. The fraction of sp³-hybridized carbons (Fsp3) is 0.304. The zero-order valence-electron chi connectivity index (χ0n) is 17.4. The molecule has 0 aliphatic carbocycles. The second-order valence-corrected chi connectivity index (χ2v) is 8.09. The molecule has 0 saturated carbocycles. The number of hydrogen-bond donors (Lipinski definition) is 1. The second kappa shape index (κ2) is 8.82. The molecular formula is C23H27N5O. The van der Waals surface area contributed by atoms with Crippen molar-refractivity contribution in [3.63, 3.8) is 0 Å². The predicted molar refractivity (Wildman–Crippen MR) is 116 cm³/mol. The van der Waals surface area contributed by atoms with E-state index in [4.69, 9.17) is 0 Å². The first-order valence-electron chi connectivity index (χ1n) is 9.68. The summed E-state index contributed by atoms with van der Waals surface area (Å²) >= 11 is 0. The van der Waals surface area contributed by atoms with E-state index in [-0.39, 0.29) is 11.3 Å². The Labute approximate surface area is 172 Å². The number of nitrogens with one attached hydrogen (secondary N) is 1. The second-order valence-electron chi connectivity index (χ2n) is 8.09. The summed E-state index contributed by atoms with van der Waals surface area (Å²) in [6, 6.07) is 15.3. The third-order valence-electron chi connectivity index (χ3n) is 4.78. The van der Waals surface area contributed by atoms with Crippen molar-refractivity contribution in [2.75, 3.05) is 23.8 Å². The first-order chi connectivity index (χ1) is 13.8. The van der Waals surface area contributed by atoms with Crippen LogP contribution in [0.4, 0.5) is 11.6 Å². The number of aromatic nitrogens is 3. The molecule has 6 nitrogen and oxygen atoms in total. The summed E-state index contributed by atoms with van der Waals surface area (Å²) in [5.41, 5.74) is 3.06. The molecule has 1 aromatic carbocycles. The molecule has 0 aliphatic rings. The minimum atomic E-state index is -0.196. The van der Waals surface area contributed by atoms with Gasteiger partial charge in [-0.3, -0.25) is 9.78 Å². The van der Waals surface area contributed by atoms with E-state index < -0.39 is 0 Å². The molecule has 3 rings (SSSR count). The maximum absolute atomic E-state index is 12.5. The molecule has 0 atom stereocenters. The van der Waals surface area contributed by atoms with E-state index in [9.17, 15) is 4.79 Å². The highest BCUT2D eigenvalue weighted by atomic mass is 16.1. The highest BCUT2D eigenvalue weighted by molar-refractivity contribution is 6.03. The van der Waals surface area contributed by atoms with Crippen LogP contribution in [0.3, 0.4) is 0 Å². The Bertz CT molecular complexity index is 932. The Balaban J connectivity index is 1.57. The Morgan fingerprint density at radius 2 is 1.66 bits per heavy atom. The Morgan fingerprint density at radius 3 is 2.24 bits per heavy atom. The van der Waals surface area contributed by atoms with Gasteiger partial charge in [-0.25, -0.2) is 0 Å². The summed E-state index contributed by atoms with van der Waals surface area (Å²) in [7, 11) is 1.97. The summed E-state index contributed by atoms with van der Waals surface area (Å²) in [4.78, 5) is 18.5. The first kappa shape index (κ1) is 20.5. The van der Waals surface area contributed by atoms with Crippen LogP contribution in [0.2, 0.25) is 0 Å². The molecule has 1 amide bonds. The van der Waals surface area contributed by atoms with Gasteiger partial charge in [-0.15, -0.1) is 10.2 Å². The molecule has 3 aromatic rings. The van der Waals surface area contributed by atoms with Gasteiger partial charge in [-0.2, -0.15) is 0 Å². The summed E-state index contributed by atoms with van der Waals surface area (Å²) in [6.45, 7) is 7.25. The molecule has 0 bridgehead atoms. The number of hydrogen-bond acceptors (Lipinski definition) is 5. The van der Waals surface area contributed by atoms with Crippen molar-refractivity contribution in [2.24, 2.45) is 0 Å². The monoisotopic (exact) mass is 389 g/mol. The van der Waals surface area contributed by atoms with E-state index in [1.807, 2.05) is 54.4 Å². The molecule has 6 heteroatoms. The van der Waals surface area contributed by atoms with Crippen molar-refractivity contribution in [1.82, 2.24) is 15.2 Å². The minimum absolute atomic E-state index is 0.0553. The van der Waals surface area contributed by atoms with E-state index in [0.29, 0.717) is 11.4 Å². The SMILES string of the molecule is CN(CCc1ccncc1)c1ccc(NC(=O)c2ccc(C(C)(C)C)cc2)nn1. The maximum Gasteiger partial charge on any atom is 0.256 e. The number of rotatable bonds is 6. The van der Waals surface area contributed by atoms with Crippen LogP contribution in [0, 0.1) is 0 Å². The van der Waals surface area contributed by atoms with Gasteiger partial charge in [0.05, 0.1) is 0 Å². The van der Waals surface area contributed by atoms with E-state index in [1.54, 1.807) is 18.5 Å². The Kier molecular flexibility index (Phi) is 6.22. The molecule has 2 aromatic heterocycles. The van der Waals surface area contributed by atoms with E-state index in [0.717, 1.165) is 18.8 Å². The number of anilines is 2. The van der Waals surface area contributed by atoms with Gasteiger partial charge in [0.1, 0.15) is 0 Å². The van der Waals surface area contributed by atoms with E-state index in [1.165, 1.54) is 11.1 Å². The number of amides is 1.